The number of aliphatic hydroxyl groups excluding tert-OH is 1. The van der Waals surface area contributed by atoms with Crippen molar-refractivity contribution in [3.05, 3.63) is 39.7 Å². The molecule has 4 heteroatoms. The van der Waals surface area contributed by atoms with E-state index in [0.29, 0.717) is 11.4 Å². The normalized spacial score (nSPS) is 10.5. The molecule has 2 nitrogen and oxygen atoms in total. The van der Waals surface area contributed by atoms with E-state index in [1.807, 2.05) is 29.6 Å². The predicted molar refractivity (Wildman–Crippen MR) is 63.3 cm³/mol. The number of nitrogens with zero attached hydrogens (tertiary/aromatic N) is 1. The fourth-order valence-corrected chi connectivity index (χ4v) is 2.29. The first-order valence-electron chi connectivity index (χ1n) is 4.61. The molecule has 0 saturated carbocycles. The molecule has 2 aromatic rings. The molecule has 0 saturated heterocycles. The molecule has 1 aromatic heterocycles. The smallest absolute Gasteiger partial charge is 0.0955 e. The van der Waals surface area contributed by atoms with Gasteiger partial charge >= 0.3 is 0 Å². The highest BCUT2D eigenvalue weighted by molar-refractivity contribution is 7.09. The first kappa shape index (κ1) is 10.6. The Balaban J connectivity index is 2.29. The highest BCUT2D eigenvalue weighted by Gasteiger charge is 2.04. The van der Waals surface area contributed by atoms with Gasteiger partial charge in [0.15, 0.2) is 0 Å². The van der Waals surface area contributed by atoms with Crippen LogP contribution in [0.5, 0.6) is 0 Å². The van der Waals surface area contributed by atoms with Gasteiger partial charge in [0.05, 0.1) is 10.7 Å². The first-order chi connectivity index (χ1) is 7.29. The Labute approximate surface area is 97.2 Å². The number of aliphatic hydroxyl groups is 1. The first-order valence-corrected chi connectivity index (χ1v) is 5.86. The molecule has 2 rings (SSSR count). The lowest BCUT2D eigenvalue weighted by atomic mass is 10.2. The van der Waals surface area contributed by atoms with Crippen molar-refractivity contribution in [2.24, 2.45) is 0 Å². The van der Waals surface area contributed by atoms with Crippen molar-refractivity contribution in [2.45, 2.75) is 6.42 Å². The molecule has 0 fully saturated rings. The van der Waals surface area contributed by atoms with Crippen LogP contribution in [0.2, 0.25) is 5.02 Å². The van der Waals surface area contributed by atoms with Crippen LogP contribution in [0.1, 0.15) is 5.01 Å². The molecule has 0 unspecified atom stereocenters. The zero-order valence-electron chi connectivity index (χ0n) is 7.98. The second-order valence-corrected chi connectivity index (χ2v) is 4.49. The van der Waals surface area contributed by atoms with Gasteiger partial charge in [0.1, 0.15) is 0 Å². The fraction of sp³-hybridized carbons (Fsp3) is 0.182. The van der Waals surface area contributed by atoms with Crippen molar-refractivity contribution in [2.75, 3.05) is 6.61 Å². The van der Waals surface area contributed by atoms with E-state index >= 15 is 0 Å². The molecule has 1 N–H and O–H groups in total. The zero-order chi connectivity index (χ0) is 10.7. The molecule has 1 heterocycles. The molecular weight excluding hydrogens is 230 g/mol. The molecule has 0 bridgehead atoms. The van der Waals surface area contributed by atoms with Crippen LogP contribution in [0, 0.1) is 0 Å². The second kappa shape index (κ2) is 4.75. The standard InChI is InChI=1S/C11H10ClNOS/c12-9-3-1-2-8(6-9)10-7-15-11(13-10)4-5-14/h1-3,6-7,14H,4-5H2. The number of thiazole rings is 1. The summed E-state index contributed by atoms with van der Waals surface area (Å²) in [4.78, 5) is 4.41. The Morgan fingerprint density at radius 2 is 2.27 bits per heavy atom. The summed E-state index contributed by atoms with van der Waals surface area (Å²) in [7, 11) is 0. The van der Waals surface area contributed by atoms with Crippen LogP contribution in [0.3, 0.4) is 0 Å². The quantitative estimate of drug-likeness (QED) is 0.893. The van der Waals surface area contributed by atoms with Crippen molar-refractivity contribution in [1.29, 1.82) is 0 Å². The summed E-state index contributed by atoms with van der Waals surface area (Å²) >= 11 is 7.46. The van der Waals surface area contributed by atoms with Gasteiger partial charge in [-0.3, -0.25) is 0 Å². The Bertz CT molecular complexity index is 455. The molecule has 0 spiro atoms. The van der Waals surface area contributed by atoms with Gasteiger partial charge in [-0.05, 0) is 12.1 Å². The number of hydrogen-bond donors (Lipinski definition) is 1. The summed E-state index contributed by atoms with van der Waals surface area (Å²) in [5.41, 5.74) is 1.94. The van der Waals surface area contributed by atoms with Crippen LogP contribution in [0.4, 0.5) is 0 Å². The lowest BCUT2D eigenvalue weighted by Gasteiger charge is -1.96. The van der Waals surface area contributed by atoms with Crippen molar-refractivity contribution in [1.82, 2.24) is 4.98 Å². The number of aromatic nitrogens is 1. The van der Waals surface area contributed by atoms with Crippen LogP contribution in [-0.4, -0.2) is 16.7 Å². The van der Waals surface area contributed by atoms with E-state index in [0.717, 1.165) is 16.3 Å². The Morgan fingerprint density at radius 3 is 3.00 bits per heavy atom. The molecule has 78 valence electrons. The molecular formula is C11H10ClNOS. The highest BCUT2D eigenvalue weighted by Crippen LogP contribution is 2.24. The third-order valence-corrected chi connectivity index (χ3v) is 3.14. The maximum Gasteiger partial charge on any atom is 0.0955 e. The van der Waals surface area contributed by atoms with Crippen LogP contribution in [-0.2, 0) is 6.42 Å². The monoisotopic (exact) mass is 239 g/mol. The molecule has 0 atom stereocenters. The van der Waals surface area contributed by atoms with Crippen molar-refractivity contribution < 1.29 is 5.11 Å². The second-order valence-electron chi connectivity index (χ2n) is 3.11. The van der Waals surface area contributed by atoms with E-state index in [-0.39, 0.29) is 6.61 Å². The molecule has 0 aliphatic rings. The van der Waals surface area contributed by atoms with Crippen molar-refractivity contribution in [3.8, 4) is 11.3 Å². The van der Waals surface area contributed by atoms with Gasteiger partial charge in [-0.1, -0.05) is 23.7 Å². The Hall–Kier alpha value is -0.900. The number of benzene rings is 1. The Morgan fingerprint density at radius 1 is 1.40 bits per heavy atom. The molecule has 1 aromatic carbocycles. The minimum Gasteiger partial charge on any atom is -0.396 e. The third-order valence-electron chi connectivity index (χ3n) is 2.00. The van der Waals surface area contributed by atoms with E-state index < -0.39 is 0 Å². The van der Waals surface area contributed by atoms with Crippen molar-refractivity contribution >= 4 is 22.9 Å². The van der Waals surface area contributed by atoms with Gasteiger partial charge in [-0.15, -0.1) is 11.3 Å². The Kier molecular flexibility index (Phi) is 3.36. The maximum absolute atomic E-state index is 8.79. The van der Waals surface area contributed by atoms with Gasteiger partial charge in [0, 0.05) is 29.0 Å². The molecule has 0 amide bonds. The number of hydrogen-bond acceptors (Lipinski definition) is 3. The lowest BCUT2D eigenvalue weighted by molar-refractivity contribution is 0.299. The average molecular weight is 240 g/mol. The van der Waals surface area contributed by atoms with Crippen LogP contribution in [0.15, 0.2) is 29.6 Å². The van der Waals surface area contributed by atoms with Gasteiger partial charge in [0.25, 0.3) is 0 Å². The van der Waals surface area contributed by atoms with Crippen LogP contribution >= 0.6 is 22.9 Å². The van der Waals surface area contributed by atoms with Crippen LogP contribution < -0.4 is 0 Å². The van der Waals surface area contributed by atoms with E-state index in [1.165, 1.54) is 0 Å². The van der Waals surface area contributed by atoms with Crippen molar-refractivity contribution in [3.63, 3.8) is 0 Å². The van der Waals surface area contributed by atoms with Gasteiger partial charge in [0.2, 0.25) is 0 Å². The van der Waals surface area contributed by atoms with E-state index in [4.69, 9.17) is 16.7 Å². The summed E-state index contributed by atoms with van der Waals surface area (Å²) in [5.74, 6) is 0. The zero-order valence-corrected chi connectivity index (χ0v) is 9.55. The lowest BCUT2D eigenvalue weighted by Crippen LogP contribution is -1.89. The minimum atomic E-state index is 0.141. The van der Waals surface area contributed by atoms with E-state index in [1.54, 1.807) is 11.3 Å². The topological polar surface area (TPSA) is 33.1 Å². The summed E-state index contributed by atoms with van der Waals surface area (Å²) in [5, 5.41) is 12.4. The van der Waals surface area contributed by atoms with Crippen LogP contribution in [0.25, 0.3) is 11.3 Å². The van der Waals surface area contributed by atoms with E-state index in [9.17, 15) is 0 Å². The van der Waals surface area contributed by atoms with E-state index in [2.05, 4.69) is 4.98 Å². The number of rotatable bonds is 3. The van der Waals surface area contributed by atoms with Gasteiger partial charge in [-0.2, -0.15) is 0 Å². The SMILES string of the molecule is OCCc1nc(-c2cccc(Cl)c2)cs1. The van der Waals surface area contributed by atoms with Gasteiger partial charge in [-0.25, -0.2) is 4.98 Å². The highest BCUT2D eigenvalue weighted by atomic mass is 35.5. The molecule has 0 aliphatic heterocycles. The molecule has 0 radical (unpaired) electrons. The molecule has 0 aliphatic carbocycles. The fourth-order valence-electron chi connectivity index (χ4n) is 1.30. The predicted octanol–water partition coefficient (Wildman–Crippen LogP) is 3.00. The average Bonchev–Trinajstić information content (AvgIpc) is 2.67. The van der Waals surface area contributed by atoms with Gasteiger partial charge < -0.3 is 5.11 Å². The summed E-state index contributed by atoms with van der Waals surface area (Å²) in [6.07, 6.45) is 0.616. The largest absolute Gasteiger partial charge is 0.396 e. The maximum atomic E-state index is 8.79. The minimum absolute atomic E-state index is 0.141. The number of halogens is 1. The summed E-state index contributed by atoms with van der Waals surface area (Å²) in [6, 6.07) is 7.61. The summed E-state index contributed by atoms with van der Waals surface area (Å²) < 4.78 is 0. The summed E-state index contributed by atoms with van der Waals surface area (Å²) in [6.45, 7) is 0.141. The molecule has 15 heavy (non-hydrogen) atoms. The third kappa shape index (κ3) is 2.56.